The van der Waals surface area contributed by atoms with Crippen LogP contribution in [0.5, 0.6) is 0 Å². The number of ether oxygens (including phenoxy) is 12. The van der Waals surface area contributed by atoms with E-state index in [1.807, 2.05) is 0 Å². The highest BCUT2D eigenvalue weighted by Gasteiger charge is 2.59. The third-order valence-corrected chi connectivity index (χ3v) is 14.7. The monoisotopic (exact) mass is 1100 g/mol. The zero-order valence-corrected chi connectivity index (χ0v) is 39.6. The number of fused-ring (bicyclic) bond motifs is 1. The number of imide groups is 1. The highest BCUT2D eigenvalue weighted by Crippen LogP contribution is 2.39. The van der Waals surface area contributed by atoms with Gasteiger partial charge in [-0.05, 0) is 12.1 Å². The highest BCUT2D eigenvalue weighted by atomic mass is 16.8. The molecule has 2 amide bonds. The minimum Gasteiger partial charge on any atom is -0.394 e. The van der Waals surface area contributed by atoms with E-state index in [4.69, 9.17) is 56.8 Å². The maximum atomic E-state index is 13.6. The van der Waals surface area contributed by atoms with Gasteiger partial charge in [-0.1, -0.05) is 12.1 Å². The number of amides is 2. The Balaban J connectivity index is 1.04. The van der Waals surface area contributed by atoms with E-state index in [-0.39, 0.29) is 11.1 Å². The molecule has 0 radical (unpaired) electrons. The number of rotatable bonds is 7. The Kier molecular flexibility index (Phi) is 18.1. The molecule has 24 rings (SSSR count). The van der Waals surface area contributed by atoms with E-state index in [2.05, 4.69) is 0 Å². The molecule has 1 aromatic rings. The lowest BCUT2D eigenvalue weighted by Crippen LogP contribution is -2.69. The van der Waals surface area contributed by atoms with Gasteiger partial charge in [-0.2, -0.15) is 0 Å². The zero-order valence-electron chi connectivity index (χ0n) is 39.6. The fourth-order valence-corrected chi connectivity index (χ4v) is 10.5. The summed E-state index contributed by atoms with van der Waals surface area (Å²) in [5.41, 5.74) is -0.0604. The van der Waals surface area contributed by atoms with Crippen LogP contribution in [0.25, 0.3) is 0 Å². The van der Waals surface area contributed by atoms with Gasteiger partial charge in [0.05, 0.1) is 50.7 Å². The predicted molar refractivity (Wildman–Crippen MR) is 231 cm³/mol. The summed E-state index contributed by atoms with van der Waals surface area (Å²) in [5.74, 6) is -1.70. The summed E-state index contributed by atoms with van der Waals surface area (Å²) >= 11 is 0. The Morgan fingerprint density at radius 2 is 0.500 bits per heavy atom. The molecule has 32 nitrogen and oxygen atoms in total. The van der Waals surface area contributed by atoms with Crippen molar-refractivity contribution in [2.45, 2.75) is 184 Å². The number of hydrogen-bond donors (Lipinski definition) is 17. The summed E-state index contributed by atoms with van der Waals surface area (Å²) in [6.45, 7) is -6.01. The number of carbonyl (C=O) groups is 2. The predicted octanol–water partition coefficient (Wildman–Crippen LogP) is -11.8. The van der Waals surface area contributed by atoms with E-state index in [1.54, 1.807) is 0 Å². The van der Waals surface area contributed by atoms with Crippen molar-refractivity contribution >= 4 is 11.8 Å². The van der Waals surface area contributed by atoms with Crippen LogP contribution in [0.2, 0.25) is 0 Å². The third kappa shape index (κ3) is 10.6. The molecule has 0 unspecified atom stereocenters. The van der Waals surface area contributed by atoms with Crippen LogP contribution < -0.4 is 0 Å². The normalized spacial score (nSPS) is 50.4. The maximum Gasteiger partial charge on any atom is 0.261 e. The van der Waals surface area contributed by atoms with Gasteiger partial charge in [-0.25, -0.2) is 0 Å². The molecule has 430 valence electrons. The number of benzene rings is 1. The second kappa shape index (κ2) is 23.7. The van der Waals surface area contributed by atoms with Crippen molar-refractivity contribution in [3.8, 4) is 0 Å². The Hall–Kier alpha value is -2.80. The Labute approximate surface area is 428 Å². The first kappa shape index (κ1) is 57.9. The van der Waals surface area contributed by atoms with E-state index >= 15 is 0 Å². The van der Waals surface area contributed by atoms with Gasteiger partial charge in [-0.3, -0.25) is 14.5 Å². The summed E-state index contributed by atoms with van der Waals surface area (Å²) in [6, 6.07) is 5.68. The van der Waals surface area contributed by atoms with Crippen LogP contribution in [-0.2, 0) is 56.8 Å². The maximum absolute atomic E-state index is 13.6. The fourth-order valence-electron chi connectivity index (χ4n) is 10.5. The van der Waals surface area contributed by atoms with Crippen LogP contribution in [-0.4, -0.2) is 327 Å². The van der Waals surface area contributed by atoms with E-state index in [0.29, 0.717) is 4.90 Å². The van der Waals surface area contributed by atoms with Crippen molar-refractivity contribution in [1.29, 1.82) is 0 Å². The second-order valence-electron chi connectivity index (χ2n) is 19.4. The van der Waals surface area contributed by atoms with E-state index in [0.717, 1.165) is 0 Å². The largest absolute Gasteiger partial charge is 0.394 e. The number of aliphatic hydroxyl groups is 17. The first-order valence-corrected chi connectivity index (χ1v) is 24.3. The van der Waals surface area contributed by atoms with Crippen LogP contribution in [0.15, 0.2) is 24.3 Å². The van der Waals surface area contributed by atoms with Crippen molar-refractivity contribution < 1.29 is 153 Å². The van der Waals surface area contributed by atoms with Gasteiger partial charge in [0.2, 0.25) is 0 Å². The van der Waals surface area contributed by atoms with Gasteiger partial charge in [0.25, 0.3) is 11.8 Å². The molecule has 12 bridgehead atoms. The SMILES string of the molecule is O=C1c2ccccc2C(=O)N1C[C@H]1O[C@@H]2O[C@H]3[C@H](O)[C@@H](O)[C@@H](O[C@H]4[C@H](O)[C@@H](O)[C@@H](O[C@H]5[C@H](O)[C@@H](O)[C@@H](O[C@H]6[C@H](O)[C@@H](O)[C@@H](O[C@H]7[C@H](O)[C@@H](O)[C@@H](O[C@H]1[C@H](O)[C@H]2O)O[C@@H]7CO)O[C@@H]6CO)O[C@@H]5CO)O[C@@H]4CO)O[C@@H]3CO. The summed E-state index contributed by atoms with van der Waals surface area (Å²) in [5, 5.41) is 189. The summed E-state index contributed by atoms with van der Waals surface area (Å²) < 4.78 is 69.4. The van der Waals surface area contributed by atoms with Gasteiger partial charge in [0, 0.05) is 0 Å². The quantitative estimate of drug-likeness (QED) is 0.113. The van der Waals surface area contributed by atoms with Crippen LogP contribution >= 0.6 is 0 Å². The summed E-state index contributed by atoms with van der Waals surface area (Å²) in [6.07, 6.45) is -60.6. The number of carbonyl (C=O) groups excluding carboxylic acids is 2. The van der Waals surface area contributed by atoms with Crippen molar-refractivity contribution in [3.05, 3.63) is 35.4 Å². The standard InChI is InChI=1S/C44H63NO31/c46-6-14-32-21(53)27(59)41(67-14)74-34-16(8-48)69-43(29(61)23(34)55)76-36-18(10-50)70-44(30(62)24(36)56)75-35-17(9-49)68-42(28(60)22(35)54)73-33-15(7-47)66-40(26(58)20(33)52)71-31-13(65-39(72-32)25(57)19(31)51)5-45-37(63)11-3-1-2-4-12(11)38(45)64/h1-4,13-36,39-44,46-62H,5-10H2/t13-,14-,15-,16-,17-,18-,19-,20-,21-,22-,23-,24-,25-,26-,27-,28-,29-,30-,31-,32-,33-,34-,35-,36-,39-,40-,41-,42-,43-,44-/m1/s1. The lowest BCUT2D eigenvalue weighted by atomic mass is 9.94. The average molecular weight is 1100 g/mol. The molecule has 0 saturated carbocycles. The third-order valence-electron chi connectivity index (χ3n) is 14.7. The molecule has 1 aromatic carbocycles. The molecule has 17 N–H and O–H groups in total. The molecule has 23 aliphatic rings. The first-order chi connectivity index (χ1) is 36.3. The van der Waals surface area contributed by atoms with Gasteiger partial charge in [0.1, 0.15) is 146 Å². The second-order valence-corrected chi connectivity index (χ2v) is 19.4. The number of nitrogens with zero attached hydrogens (tertiary/aromatic N) is 1. The van der Waals surface area contributed by atoms with E-state index in [1.165, 1.54) is 24.3 Å². The topological polar surface area (TPSA) is 492 Å². The first-order valence-electron chi connectivity index (χ1n) is 24.3. The van der Waals surface area contributed by atoms with Gasteiger partial charge >= 0.3 is 0 Å². The molecular formula is C44H63NO31. The lowest BCUT2D eigenvalue weighted by molar-refractivity contribution is -0.403. The highest BCUT2D eigenvalue weighted by molar-refractivity contribution is 6.21. The molecule has 22 saturated heterocycles. The molecule has 23 aliphatic heterocycles. The number of aliphatic hydroxyl groups excluding tert-OH is 17. The van der Waals surface area contributed by atoms with Gasteiger partial charge in [-0.15, -0.1) is 0 Å². The minimum atomic E-state index is -2.27. The molecule has 23 heterocycles. The number of hydrogen-bond acceptors (Lipinski definition) is 31. The molecule has 0 aromatic heterocycles. The smallest absolute Gasteiger partial charge is 0.261 e. The Morgan fingerprint density at radius 1 is 0.303 bits per heavy atom. The minimum absolute atomic E-state index is 0.0302. The summed E-state index contributed by atoms with van der Waals surface area (Å²) in [7, 11) is 0. The molecular weight excluding hydrogens is 1040 g/mol. The average Bonchev–Trinajstić information content (AvgIpc) is 3.66. The van der Waals surface area contributed by atoms with Crippen LogP contribution in [0.1, 0.15) is 20.7 Å². The lowest BCUT2D eigenvalue weighted by Gasteiger charge is -2.51. The molecule has 32 heteroatoms. The van der Waals surface area contributed by atoms with Crippen molar-refractivity contribution in [2.75, 3.05) is 39.6 Å². The van der Waals surface area contributed by atoms with Crippen molar-refractivity contribution in [3.63, 3.8) is 0 Å². The Bertz CT molecular complexity index is 2090. The molecule has 0 aliphatic carbocycles. The van der Waals surface area contributed by atoms with Crippen LogP contribution in [0.3, 0.4) is 0 Å². The van der Waals surface area contributed by atoms with E-state index < -0.39 is 236 Å². The fraction of sp³-hybridized carbons (Fsp3) is 0.818. The zero-order chi connectivity index (χ0) is 54.8. The molecule has 76 heavy (non-hydrogen) atoms. The molecule has 0 spiro atoms. The van der Waals surface area contributed by atoms with Crippen LogP contribution in [0, 0.1) is 0 Å². The van der Waals surface area contributed by atoms with Gasteiger partial charge in [0.15, 0.2) is 37.7 Å². The van der Waals surface area contributed by atoms with Crippen molar-refractivity contribution in [1.82, 2.24) is 4.90 Å². The summed E-state index contributed by atoms with van der Waals surface area (Å²) in [4.78, 5) is 27.9. The Morgan fingerprint density at radius 3 is 0.711 bits per heavy atom. The van der Waals surface area contributed by atoms with Gasteiger partial charge < -0.3 is 144 Å². The van der Waals surface area contributed by atoms with Crippen LogP contribution in [0.4, 0.5) is 0 Å². The van der Waals surface area contributed by atoms with E-state index in [9.17, 15) is 96.4 Å². The molecule has 22 fully saturated rings. The van der Waals surface area contributed by atoms with Crippen molar-refractivity contribution in [2.24, 2.45) is 0 Å². The molecule has 30 atom stereocenters.